The van der Waals surface area contributed by atoms with Crippen molar-refractivity contribution in [1.29, 1.82) is 0 Å². The van der Waals surface area contributed by atoms with E-state index in [0.717, 1.165) is 49.8 Å². The van der Waals surface area contributed by atoms with Crippen LogP contribution in [0.4, 0.5) is 0 Å². The first-order valence-corrected chi connectivity index (χ1v) is 12.3. The Hall–Kier alpha value is -5.16. The summed E-state index contributed by atoms with van der Waals surface area (Å²) in [7, 11) is 0. The van der Waals surface area contributed by atoms with Gasteiger partial charge in [0, 0.05) is 21.9 Å². The predicted molar refractivity (Wildman–Crippen MR) is 150 cm³/mol. The largest absolute Gasteiger partial charge is 0.476 e. The van der Waals surface area contributed by atoms with Crippen LogP contribution in [0.15, 0.2) is 131 Å². The summed E-state index contributed by atoms with van der Waals surface area (Å²) < 4.78 is 6.20. The minimum absolute atomic E-state index is 0.124. The van der Waals surface area contributed by atoms with Gasteiger partial charge in [-0.1, -0.05) is 120 Å². The maximum absolute atomic E-state index is 11.5. The molecule has 1 N–H and O–H groups in total. The Morgan fingerprint density at radius 1 is 0.684 bits per heavy atom. The molecule has 0 atom stereocenters. The highest BCUT2D eigenvalue weighted by atomic mass is 16.6. The van der Waals surface area contributed by atoms with Crippen LogP contribution in [0.1, 0.15) is 11.1 Å². The van der Waals surface area contributed by atoms with Crippen molar-refractivity contribution in [1.82, 2.24) is 0 Å². The second-order valence-electron chi connectivity index (χ2n) is 8.94. The number of carboxylic acids is 1. The SMILES string of the molecule is O=C(O)/C(=N\OCc1ccc(-c2ccc(-c3cccc4c3oc3ccccc34)cc2)cc1)c1ccccc1. The minimum Gasteiger partial charge on any atom is -0.476 e. The Morgan fingerprint density at radius 3 is 2.05 bits per heavy atom. The van der Waals surface area contributed by atoms with E-state index in [2.05, 4.69) is 53.7 Å². The van der Waals surface area contributed by atoms with Crippen molar-refractivity contribution in [3.63, 3.8) is 0 Å². The zero-order valence-corrected chi connectivity index (χ0v) is 20.4. The van der Waals surface area contributed by atoms with E-state index in [4.69, 9.17) is 9.25 Å². The van der Waals surface area contributed by atoms with E-state index in [1.54, 1.807) is 24.3 Å². The van der Waals surface area contributed by atoms with Crippen LogP contribution >= 0.6 is 0 Å². The molecule has 0 unspecified atom stereocenters. The van der Waals surface area contributed by atoms with E-state index >= 15 is 0 Å². The van der Waals surface area contributed by atoms with E-state index in [1.807, 2.05) is 48.5 Å². The summed E-state index contributed by atoms with van der Waals surface area (Å²) in [5.41, 5.74) is 7.37. The van der Waals surface area contributed by atoms with E-state index in [1.165, 1.54) is 0 Å². The Balaban J connectivity index is 1.18. The van der Waals surface area contributed by atoms with E-state index in [9.17, 15) is 9.90 Å². The third-order valence-corrected chi connectivity index (χ3v) is 6.52. The van der Waals surface area contributed by atoms with Gasteiger partial charge in [-0.25, -0.2) is 4.79 Å². The van der Waals surface area contributed by atoms with Gasteiger partial charge in [0.1, 0.15) is 17.8 Å². The van der Waals surface area contributed by atoms with Crippen molar-refractivity contribution in [3.05, 3.63) is 132 Å². The molecule has 6 aromatic rings. The molecule has 5 aromatic carbocycles. The van der Waals surface area contributed by atoms with Gasteiger partial charge in [0.2, 0.25) is 0 Å². The standard InChI is InChI=1S/C33H23NO4/c35-33(36)31(26-7-2-1-3-8-26)34-37-21-22-13-15-23(16-14-22)24-17-19-25(20-18-24)27-10-6-11-29-28-9-4-5-12-30(28)38-32(27)29/h1-20H,21H2,(H,35,36)/b34-31-. The Labute approximate surface area is 219 Å². The molecule has 6 rings (SSSR count). The van der Waals surface area contributed by atoms with Crippen LogP contribution in [-0.4, -0.2) is 16.8 Å². The second kappa shape index (κ2) is 10.1. The fourth-order valence-electron chi connectivity index (χ4n) is 4.59. The first-order valence-electron chi connectivity index (χ1n) is 12.3. The second-order valence-corrected chi connectivity index (χ2v) is 8.94. The lowest BCUT2D eigenvalue weighted by molar-refractivity contribution is -0.129. The van der Waals surface area contributed by atoms with Crippen molar-refractivity contribution < 1.29 is 19.2 Å². The summed E-state index contributed by atoms with van der Waals surface area (Å²) in [6.45, 7) is 0.171. The number of furan rings is 1. The number of carbonyl (C=O) groups is 1. The summed E-state index contributed by atoms with van der Waals surface area (Å²) in [5.74, 6) is -1.13. The van der Waals surface area contributed by atoms with Crippen LogP contribution in [0.5, 0.6) is 0 Å². The van der Waals surface area contributed by atoms with Gasteiger partial charge < -0.3 is 14.4 Å². The van der Waals surface area contributed by atoms with Crippen LogP contribution in [-0.2, 0) is 16.2 Å². The molecule has 38 heavy (non-hydrogen) atoms. The lowest BCUT2D eigenvalue weighted by Gasteiger charge is -2.07. The lowest BCUT2D eigenvalue weighted by atomic mass is 9.98. The fraction of sp³-hybridized carbons (Fsp3) is 0.0303. The van der Waals surface area contributed by atoms with Gasteiger partial charge in [-0.05, 0) is 28.3 Å². The average Bonchev–Trinajstić information content (AvgIpc) is 3.35. The topological polar surface area (TPSA) is 72.0 Å². The number of para-hydroxylation sites is 2. The van der Waals surface area contributed by atoms with Crippen molar-refractivity contribution in [2.75, 3.05) is 0 Å². The van der Waals surface area contributed by atoms with Gasteiger partial charge in [0.15, 0.2) is 5.71 Å². The van der Waals surface area contributed by atoms with Gasteiger partial charge >= 0.3 is 5.97 Å². The third-order valence-electron chi connectivity index (χ3n) is 6.52. The minimum atomic E-state index is -1.13. The molecule has 1 heterocycles. The molecule has 0 fully saturated rings. The molecule has 0 aliphatic heterocycles. The van der Waals surface area contributed by atoms with Crippen LogP contribution < -0.4 is 0 Å². The van der Waals surface area contributed by atoms with Gasteiger partial charge in [-0.15, -0.1) is 0 Å². The summed E-state index contributed by atoms with van der Waals surface area (Å²) in [4.78, 5) is 16.9. The zero-order chi connectivity index (χ0) is 25.9. The van der Waals surface area contributed by atoms with Crippen molar-refractivity contribution in [3.8, 4) is 22.3 Å². The van der Waals surface area contributed by atoms with Gasteiger partial charge in [-0.2, -0.15) is 0 Å². The maximum Gasteiger partial charge on any atom is 0.358 e. The molecule has 0 radical (unpaired) electrons. The predicted octanol–water partition coefficient (Wildman–Crippen LogP) is 7.93. The fourth-order valence-corrected chi connectivity index (χ4v) is 4.59. The molecule has 0 aliphatic rings. The van der Waals surface area contributed by atoms with Crippen molar-refractivity contribution in [2.24, 2.45) is 5.16 Å². The molecule has 0 spiro atoms. The number of fused-ring (bicyclic) bond motifs is 3. The summed E-state index contributed by atoms with van der Waals surface area (Å²) >= 11 is 0. The summed E-state index contributed by atoms with van der Waals surface area (Å²) in [6.07, 6.45) is 0. The number of nitrogens with zero attached hydrogens (tertiary/aromatic N) is 1. The highest BCUT2D eigenvalue weighted by molar-refractivity contribution is 6.42. The molecular weight excluding hydrogens is 474 g/mol. The maximum atomic E-state index is 11.5. The zero-order valence-electron chi connectivity index (χ0n) is 20.4. The van der Waals surface area contributed by atoms with E-state index < -0.39 is 5.97 Å². The van der Waals surface area contributed by atoms with Crippen LogP contribution in [0.2, 0.25) is 0 Å². The number of carboxylic acid groups (broad SMARTS) is 1. The van der Waals surface area contributed by atoms with Crippen molar-refractivity contribution in [2.45, 2.75) is 6.61 Å². The number of oxime groups is 1. The van der Waals surface area contributed by atoms with Crippen molar-refractivity contribution >= 4 is 33.6 Å². The van der Waals surface area contributed by atoms with Gasteiger partial charge in [-0.3, -0.25) is 0 Å². The monoisotopic (exact) mass is 497 g/mol. The molecule has 0 saturated carbocycles. The number of benzene rings is 5. The average molecular weight is 498 g/mol. The number of aliphatic carboxylic acids is 1. The van der Waals surface area contributed by atoms with Crippen LogP contribution in [0.3, 0.4) is 0 Å². The molecule has 5 heteroatoms. The molecule has 0 aliphatic carbocycles. The first-order chi connectivity index (χ1) is 18.7. The van der Waals surface area contributed by atoms with Crippen LogP contribution in [0.25, 0.3) is 44.2 Å². The van der Waals surface area contributed by atoms with E-state index in [-0.39, 0.29) is 12.3 Å². The third kappa shape index (κ3) is 4.53. The number of hydrogen-bond donors (Lipinski definition) is 1. The molecule has 5 nitrogen and oxygen atoms in total. The number of rotatable bonds is 7. The quantitative estimate of drug-likeness (QED) is 0.180. The Morgan fingerprint density at radius 2 is 1.32 bits per heavy atom. The molecular formula is C33H23NO4. The highest BCUT2D eigenvalue weighted by Crippen LogP contribution is 2.36. The highest BCUT2D eigenvalue weighted by Gasteiger charge is 2.14. The molecule has 1 aromatic heterocycles. The van der Waals surface area contributed by atoms with Crippen LogP contribution in [0, 0.1) is 0 Å². The normalized spacial score (nSPS) is 11.6. The molecule has 0 amide bonds. The number of hydrogen-bond acceptors (Lipinski definition) is 4. The van der Waals surface area contributed by atoms with Gasteiger partial charge in [0.05, 0.1) is 0 Å². The Bertz CT molecular complexity index is 1770. The Kier molecular flexibility index (Phi) is 6.16. The molecule has 184 valence electrons. The lowest BCUT2D eigenvalue weighted by Crippen LogP contribution is -2.14. The van der Waals surface area contributed by atoms with Gasteiger partial charge in [0.25, 0.3) is 0 Å². The molecule has 0 saturated heterocycles. The molecule has 0 bridgehead atoms. The smallest absolute Gasteiger partial charge is 0.358 e. The summed E-state index contributed by atoms with van der Waals surface area (Å²) in [6, 6.07) is 39.5. The van der Waals surface area contributed by atoms with E-state index in [0.29, 0.717) is 5.56 Å². The summed E-state index contributed by atoms with van der Waals surface area (Å²) in [5, 5.41) is 15.5. The first kappa shape index (κ1) is 23.3.